The average molecular weight is 1340 g/mol. The third kappa shape index (κ3) is 16.6. The van der Waals surface area contributed by atoms with Crippen LogP contribution in [0.3, 0.4) is 0 Å². The van der Waals surface area contributed by atoms with Gasteiger partial charge in [0, 0.05) is 87.7 Å². The van der Waals surface area contributed by atoms with Crippen LogP contribution in [0.5, 0.6) is 0 Å². The lowest BCUT2D eigenvalue weighted by molar-refractivity contribution is -0.402. The molecule has 0 unspecified atom stereocenters. The van der Waals surface area contributed by atoms with E-state index in [1.165, 1.54) is 68.6 Å². The van der Waals surface area contributed by atoms with Gasteiger partial charge in [-0.1, -0.05) is 30.3 Å². The van der Waals surface area contributed by atoms with Gasteiger partial charge in [-0.25, -0.2) is 27.6 Å². The summed E-state index contributed by atoms with van der Waals surface area (Å²) in [5.74, 6) is -0.982. The van der Waals surface area contributed by atoms with Crippen LogP contribution >= 0.6 is 0 Å². The van der Waals surface area contributed by atoms with Crippen molar-refractivity contribution in [1.82, 2.24) is 29.3 Å². The molecule has 9 heterocycles. The number of furan rings is 3. The number of aromatic nitrogens is 6. The molecule has 30 nitrogen and oxygen atoms in total. The third-order valence-corrected chi connectivity index (χ3v) is 16.7. The van der Waals surface area contributed by atoms with Gasteiger partial charge in [0.2, 0.25) is 17.7 Å². The second-order valence-corrected chi connectivity index (χ2v) is 23.0. The molecular weight excluding hydrogens is 1280 g/mol. The Morgan fingerprint density at radius 3 is 1.10 bits per heavy atom. The molecule has 10 aromatic rings. The molecule has 0 amide bonds. The minimum absolute atomic E-state index is 0.00710. The fourth-order valence-electron chi connectivity index (χ4n) is 11.5. The van der Waals surface area contributed by atoms with Crippen LogP contribution in [-0.2, 0) is 39.8 Å². The van der Waals surface area contributed by atoms with Crippen molar-refractivity contribution in [3.05, 3.63) is 241 Å². The molecule has 0 aliphatic carbocycles. The van der Waals surface area contributed by atoms with E-state index in [4.69, 9.17) is 26.5 Å². The van der Waals surface area contributed by atoms with Crippen LogP contribution in [0.25, 0.3) is 0 Å². The number of halogens is 3. The van der Waals surface area contributed by atoms with E-state index >= 15 is 0 Å². The number of rotatable bonds is 21. The van der Waals surface area contributed by atoms with Gasteiger partial charge in [0.1, 0.15) is 49.5 Å². The van der Waals surface area contributed by atoms with Crippen LogP contribution in [0.15, 0.2) is 162 Å². The van der Waals surface area contributed by atoms with Crippen molar-refractivity contribution in [2.75, 3.05) is 69.9 Å². The largest absolute Gasteiger partial charge is 0.437 e. The van der Waals surface area contributed by atoms with Crippen molar-refractivity contribution in [1.29, 1.82) is 0 Å². The van der Waals surface area contributed by atoms with E-state index in [2.05, 4.69) is 31.2 Å². The Balaban J connectivity index is 0.000000148. The van der Waals surface area contributed by atoms with Crippen LogP contribution in [0.1, 0.15) is 104 Å². The molecule has 3 N–H and O–H groups in total. The van der Waals surface area contributed by atoms with Gasteiger partial charge in [-0.2, -0.15) is 14.0 Å². The second kappa shape index (κ2) is 30.2. The molecule has 0 atom stereocenters. The van der Waals surface area contributed by atoms with Crippen LogP contribution < -0.4 is 47.9 Å². The monoisotopic (exact) mass is 1340 g/mol. The van der Waals surface area contributed by atoms with Crippen molar-refractivity contribution in [3.8, 4) is 0 Å². The summed E-state index contributed by atoms with van der Waals surface area (Å²) >= 11 is 0. The molecule has 6 aromatic heterocycles. The highest BCUT2D eigenvalue weighted by Gasteiger charge is 2.30. The molecule has 508 valence electrons. The SMILES string of the molecule is CCn1nc(C2CCN(c3ccc(NCc4ccc([N+](=O)[O-])o4)cc3F)CC2)oc1=O.Cn1nc(C2CCN(c3ccc(NCc4ccc([N+](=O)[O-])o4)cc3F)CC2)oc1=O.O=c1oc(C2CCN(c3ccc(NCc4ccc([N+](=O)[O-])o4)cc3F)CC2)nn1Cc1ccccc1. The summed E-state index contributed by atoms with van der Waals surface area (Å²) in [5.41, 5.74) is 4.07. The summed E-state index contributed by atoms with van der Waals surface area (Å²) in [7, 11) is 1.54. The lowest BCUT2D eigenvalue weighted by Crippen LogP contribution is -2.33. The first-order chi connectivity index (χ1) is 46.8. The molecule has 0 bridgehead atoms. The van der Waals surface area contributed by atoms with E-state index in [1.807, 2.05) is 52.0 Å². The number of benzene rings is 4. The summed E-state index contributed by atoms with van der Waals surface area (Å²) in [6, 6.07) is 32.5. The maximum absolute atomic E-state index is 14.9. The number of hydrogen-bond donors (Lipinski definition) is 3. The number of aryl methyl sites for hydroxylation is 2. The Bertz CT molecular complexity index is 4550. The highest BCUT2D eigenvalue weighted by molar-refractivity contribution is 5.59. The maximum atomic E-state index is 14.9. The predicted molar refractivity (Wildman–Crippen MR) is 344 cm³/mol. The third-order valence-electron chi connectivity index (χ3n) is 16.7. The van der Waals surface area contributed by atoms with Crippen LogP contribution in [0, 0.1) is 47.8 Å². The highest BCUT2D eigenvalue weighted by atomic mass is 19.1. The zero-order valence-electron chi connectivity index (χ0n) is 52.4. The number of piperidine rings is 3. The smallest absolute Gasteiger partial charge is 0.404 e. The van der Waals surface area contributed by atoms with Gasteiger partial charge in [0.15, 0.2) is 0 Å². The first kappa shape index (κ1) is 66.8. The first-order valence-corrected chi connectivity index (χ1v) is 31.1. The maximum Gasteiger partial charge on any atom is 0.437 e. The van der Waals surface area contributed by atoms with Crippen molar-refractivity contribution < 1.29 is 54.4 Å². The van der Waals surface area contributed by atoms with E-state index in [0.717, 1.165) is 5.56 Å². The number of anilines is 6. The van der Waals surface area contributed by atoms with E-state index in [9.17, 15) is 57.9 Å². The number of nitro groups is 3. The summed E-state index contributed by atoms with van der Waals surface area (Å²) < 4.78 is 79.2. The van der Waals surface area contributed by atoms with E-state index in [-0.39, 0.29) is 72.5 Å². The van der Waals surface area contributed by atoms with Gasteiger partial charge in [-0.3, -0.25) is 30.3 Å². The Morgan fingerprint density at radius 1 is 0.454 bits per heavy atom. The number of hydrogen-bond acceptors (Lipinski definition) is 24. The van der Waals surface area contributed by atoms with Crippen LogP contribution in [-0.4, -0.2) is 83.4 Å². The van der Waals surface area contributed by atoms with Crippen molar-refractivity contribution in [2.45, 2.75) is 95.9 Å². The second-order valence-electron chi connectivity index (χ2n) is 23.0. The van der Waals surface area contributed by atoms with E-state index in [0.29, 0.717) is 160 Å². The van der Waals surface area contributed by atoms with Crippen molar-refractivity contribution >= 4 is 51.8 Å². The standard InChI is InChI=1S/C25H24FN5O5.C20H22FN5O5.C19H20FN5O5/c26-21-14-19(27-15-20-7-9-23(35-20)31(33)34)6-8-22(21)29-12-10-18(11-13-29)24-28-30(25(32)36-24)16-17-4-2-1-3-5-17;1-2-25-20(27)31-19(23-25)13-7-9-24(10-8-13)17-5-3-14(11-16(17)21)22-12-15-4-6-18(30-15)26(28)29;1-23-19(26)30-18(22-23)12-6-8-24(9-7-12)16-4-2-13(10-15(16)20)21-11-14-3-5-17(29-14)25(27)28/h1-9,14,18,27H,10-13,15-16H2;3-6,11,13,22H,2,7-10,12H2,1H3;2-5,10,12,21H,6-9,11H2,1H3. The molecule has 0 saturated carbocycles. The Labute approximate surface area is 547 Å². The molecule has 3 aliphatic rings. The van der Waals surface area contributed by atoms with Crippen molar-refractivity contribution in [3.63, 3.8) is 0 Å². The molecule has 13 rings (SSSR count). The zero-order chi connectivity index (χ0) is 68.3. The Hall–Kier alpha value is -11.7. The molecular formula is C64H66F3N15O15. The minimum Gasteiger partial charge on any atom is -0.404 e. The molecule has 0 radical (unpaired) electrons. The molecule has 97 heavy (non-hydrogen) atoms. The van der Waals surface area contributed by atoms with Crippen LogP contribution in [0.2, 0.25) is 0 Å². The molecule has 33 heteroatoms. The normalized spacial score (nSPS) is 14.5. The van der Waals surface area contributed by atoms with Gasteiger partial charge >= 0.3 is 34.9 Å². The lowest BCUT2D eigenvalue weighted by atomic mass is 9.96. The number of nitrogens with one attached hydrogen (secondary N) is 3. The van der Waals surface area contributed by atoms with Gasteiger partial charge in [-0.15, -0.1) is 15.3 Å². The van der Waals surface area contributed by atoms with E-state index < -0.39 is 32.0 Å². The fraction of sp³-hybridized carbons (Fsp3) is 0.344. The first-order valence-electron chi connectivity index (χ1n) is 31.1. The summed E-state index contributed by atoms with van der Waals surface area (Å²) in [6.45, 7) is 6.90. The average Bonchev–Trinajstić information content (AvgIpc) is 1.40. The van der Waals surface area contributed by atoms with E-state index in [1.54, 1.807) is 43.4 Å². The molecule has 0 spiro atoms. The molecule has 3 saturated heterocycles. The minimum atomic E-state index is -0.608. The van der Waals surface area contributed by atoms with Gasteiger partial charge in [0.25, 0.3) is 0 Å². The summed E-state index contributed by atoms with van der Waals surface area (Å²) in [4.78, 5) is 71.5. The summed E-state index contributed by atoms with van der Waals surface area (Å²) in [6.07, 6.45) is 4.19. The Kier molecular flexibility index (Phi) is 20.8. The number of nitrogens with zero attached hydrogens (tertiary/aromatic N) is 12. The summed E-state index contributed by atoms with van der Waals surface area (Å²) in [5, 5.41) is 53.8. The topological polar surface area (TPSA) is 359 Å². The zero-order valence-corrected chi connectivity index (χ0v) is 52.4. The Morgan fingerprint density at radius 2 is 0.794 bits per heavy atom. The fourth-order valence-corrected chi connectivity index (χ4v) is 11.5. The predicted octanol–water partition coefficient (Wildman–Crippen LogP) is 11.0. The van der Waals surface area contributed by atoms with Crippen molar-refractivity contribution in [2.24, 2.45) is 7.05 Å². The molecule has 3 aliphatic heterocycles. The van der Waals surface area contributed by atoms with Crippen LogP contribution in [0.4, 0.5) is 64.9 Å². The molecule has 3 fully saturated rings. The lowest BCUT2D eigenvalue weighted by Gasteiger charge is -2.32. The quantitative estimate of drug-likeness (QED) is 0.0444. The molecule has 4 aromatic carbocycles. The van der Waals surface area contributed by atoms with Gasteiger partial charge in [-0.05, 0) is 124 Å². The van der Waals surface area contributed by atoms with Gasteiger partial charge in [0.05, 0.1) is 61.4 Å². The highest BCUT2D eigenvalue weighted by Crippen LogP contribution is 2.35. The van der Waals surface area contributed by atoms with Gasteiger partial charge < -0.3 is 57.2 Å².